The number of carbonyl (C=O) groups excluding carboxylic acids is 2. The zero-order chi connectivity index (χ0) is 22.9. The molecule has 2 aliphatic rings. The Morgan fingerprint density at radius 3 is 2.48 bits per heavy atom. The molecule has 2 heterocycles. The van der Waals surface area contributed by atoms with E-state index in [1.54, 1.807) is 35.6 Å². The van der Waals surface area contributed by atoms with E-state index in [0.717, 1.165) is 23.4 Å². The molecule has 3 aromatic rings. The highest BCUT2D eigenvalue weighted by Crippen LogP contribution is 2.46. The Morgan fingerprint density at radius 2 is 1.79 bits per heavy atom. The first kappa shape index (κ1) is 21.2. The van der Waals surface area contributed by atoms with Gasteiger partial charge >= 0.3 is 0 Å². The topological polar surface area (TPSA) is 78.4 Å². The zero-order valence-electron chi connectivity index (χ0n) is 18.2. The number of rotatable bonds is 4. The number of hydrogen-bond acceptors (Lipinski definition) is 5. The van der Waals surface area contributed by atoms with Crippen LogP contribution in [0.2, 0.25) is 0 Å². The van der Waals surface area contributed by atoms with Gasteiger partial charge in [-0.25, -0.2) is 0 Å². The Labute approximate surface area is 196 Å². The average Bonchev–Trinajstić information content (AvgIpc) is 3.34. The van der Waals surface area contributed by atoms with Crippen LogP contribution in [0.3, 0.4) is 0 Å². The maximum atomic E-state index is 13.5. The smallest absolute Gasteiger partial charge is 0.254 e. The molecule has 6 heteroatoms. The number of ketones is 1. The van der Waals surface area contributed by atoms with Crippen molar-refractivity contribution >= 4 is 28.7 Å². The minimum absolute atomic E-state index is 0.0535. The van der Waals surface area contributed by atoms with Gasteiger partial charge < -0.3 is 15.7 Å². The molecule has 1 aromatic heterocycles. The van der Waals surface area contributed by atoms with E-state index in [9.17, 15) is 14.7 Å². The van der Waals surface area contributed by atoms with Crippen molar-refractivity contribution < 1.29 is 14.7 Å². The summed E-state index contributed by atoms with van der Waals surface area (Å²) < 4.78 is 0. The number of aromatic hydroxyl groups is 1. The fourth-order valence-electron chi connectivity index (χ4n) is 4.78. The van der Waals surface area contributed by atoms with Gasteiger partial charge in [0.2, 0.25) is 0 Å². The monoisotopic (exact) mass is 456 g/mol. The van der Waals surface area contributed by atoms with Crippen molar-refractivity contribution in [2.45, 2.75) is 31.6 Å². The summed E-state index contributed by atoms with van der Waals surface area (Å²) in [6.07, 6.45) is 1.14. The average molecular weight is 457 g/mol. The predicted molar refractivity (Wildman–Crippen MR) is 130 cm³/mol. The van der Waals surface area contributed by atoms with Crippen LogP contribution in [0.1, 0.15) is 42.0 Å². The van der Waals surface area contributed by atoms with Crippen molar-refractivity contribution in [1.29, 1.82) is 0 Å². The number of anilines is 1. The molecule has 0 fully saturated rings. The molecule has 0 saturated carbocycles. The van der Waals surface area contributed by atoms with Gasteiger partial charge in [0, 0.05) is 51.4 Å². The summed E-state index contributed by atoms with van der Waals surface area (Å²) in [6.45, 7) is 1.89. The van der Waals surface area contributed by atoms with Gasteiger partial charge in [0.05, 0.1) is 0 Å². The van der Waals surface area contributed by atoms with Gasteiger partial charge in [0.15, 0.2) is 5.78 Å². The third-order valence-electron chi connectivity index (χ3n) is 6.28. The SMILES string of the molecule is CC1=C(C(=O)Nc2ccccc2)[C@H](c2ccc(O)cc2)C2=C(C[C@H](c3cccs3)CC2=O)N1. The lowest BCUT2D eigenvalue weighted by molar-refractivity contribution is -0.116. The van der Waals surface area contributed by atoms with Crippen LogP contribution in [0.15, 0.2) is 94.7 Å². The molecule has 3 N–H and O–H groups in total. The summed E-state index contributed by atoms with van der Waals surface area (Å²) in [6, 6.07) is 20.2. The lowest BCUT2D eigenvalue weighted by Gasteiger charge is -2.36. The van der Waals surface area contributed by atoms with Gasteiger partial charge in [-0.15, -0.1) is 11.3 Å². The van der Waals surface area contributed by atoms with Crippen LogP contribution >= 0.6 is 11.3 Å². The number of phenols is 1. The highest BCUT2D eigenvalue weighted by atomic mass is 32.1. The number of hydrogen-bond donors (Lipinski definition) is 3. The third kappa shape index (κ3) is 4.10. The van der Waals surface area contributed by atoms with Crippen molar-refractivity contribution in [2.75, 3.05) is 5.32 Å². The summed E-state index contributed by atoms with van der Waals surface area (Å²) in [5, 5.41) is 18.2. The van der Waals surface area contributed by atoms with Gasteiger partial charge in [-0.05, 0) is 54.6 Å². The summed E-state index contributed by atoms with van der Waals surface area (Å²) in [5.41, 5.74) is 4.29. The molecule has 0 unspecified atom stereocenters. The Hall–Kier alpha value is -3.64. The van der Waals surface area contributed by atoms with E-state index in [1.807, 2.05) is 48.7 Å². The van der Waals surface area contributed by atoms with Gasteiger partial charge in [-0.1, -0.05) is 36.4 Å². The van der Waals surface area contributed by atoms with Gasteiger partial charge in [-0.3, -0.25) is 9.59 Å². The number of carbonyl (C=O) groups is 2. The number of dihydropyridines is 1. The standard InChI is InChI=1S/C27H24N2O3S/c1-16-24(27(32)29-19-6-3-2-4-7-19)25(17-9-11-20(30)12-10-17)26-21(28-16)14-18(15-22(26)31)23-8-5-13-33-23/h2-13,18,25,28,30H,14-15H2,1H3,(H,29,32)/t18-,25-/m0/s1. The molecule has 1 amide bonds. The van der Waals surface area contributed by atoms with E-state index in [1.165, 1.54) is 4.88 Å². The number of amides is 1. The van der Waals surface area contributed by atoms with Crippen molar-refractivity contribution in [3.63, 3.8) is 0 Å². The van der Waals surface area contributed by atoms with Crippen LogP contribution in [0.4, 0.5) is 5.69 Å². The molecular formula is C27H24N2O3S. The van der Waals surface area contributed by atoms with Crippen molar-refractivity contribution in [2.24, 2.45) is 0 Å². The number of thiophene rings is 1. The van der Waals surface area contributed by atoms with E-state index in [0.29, 0.717) is 23.3 Å². The molecule has 0 spiro atoms. The molecule has 0 bridgehead atoms. The van der Waals surface area contributed by atoms with Crippen LogP contribution in [-0.4, -0.2) is 16.8 Å². The Kier molecular flexibility index (Phi) is 5.60. The lowest BCUT2D eigenvalue weighted by Crippen LogP contribution is -2.37. The normalized spacial score (nSPS) is 20.3. The maximum absolute atomic E-state index is 13.5. The van der Waals surface area contributed by atoms with Gasteiger partial charge in [-0.2, -0.15) is 0 Å². The number of phenolic OH excluding ortho intramolecular Hbond substituents is 1. The van der Waals surface area contributed by atoms with Crippen molar-refractivity contribution in [3.8, 4) is 5.75 Å². The molecule has 2 atom stereocenters. The first-order valence-corrected chi connectivity index (χ1v) is 11.8. The Morgan fingerprint density at radius 1 is 1.03 bits per heavy atom. The van der Waals surface area contributed by atoms with E-state index in [-0.39, 0.29) is 23.4 Å². The van der Waals surface area contributed by atoms with Crippen LogP contribution in [-0.2, 0) is 9.59 Å². The van der Waals surface area contributed by atoms with Crippen LogP contribution in [0.5, 0.6) is 5.75 Å². The minimum Gasteiger partial charge on any atom is -0.508 e. The van der Waals surface area contributed by atoms with Crippen LogP contribution < -0.4 is 10.6 Å². The second kappa shape index (κ2) is 8.71. The molecule has 0 radical (unpaired) electrons. The van der Waals surface area contributed by atoms with E-state index in [4.69, 9.17) is 0 Å². The summed E-state index contributed by atoms with van der Waals surface area (Å²) >= 11 is 1.67. The molecule has 2 aromatic carbocycles. The first-order valence-electron chi connectivity index (χ1n) is 10.9. The van der Waals surface area contributed by atoms with Gasteiger partial charge in [0.1, 0.15) is 5.75 Å². The fraction of sp³-hybridized carbons (Fsp3) is 0.185. The Balaban J connectivity index is 1.57. The summed E-state index contributed by atoms with van der Waals surface area (Å²) in [4.78, 5) is 28.2. The molecule has 33 heavy (non-hydrogen) atoms. The predicted octanol–water partition coefficient (Wildman–Crippen LogP) is 5.45. The molecule has 1 aliphatic heterocycles. The first-order chi connectivity index (χ1) is 16.0. The number of nitrogens with one attached hydrogen (secondary N) is 2. The third-order valence-corrected chi connectivity index (χ3v) is 7.31. The second-order valence-electron chi connectivity index (χ2n) is 8.44. The van der Waals surface area contributed by atoms with E-state index >= 15 is 0 Å². The van der Waals surface area contributed by atoms with Crippen molar-refractivity contribution in [1.82, 2.24) is 5.32 Å². The number of Topliss-reactive ketones (excluding diaryl/α,β-unsaturated/α-hetero) is 1. The lowest BCUT2D eigenvalue weighted by atomic mass is 9.72. The highest BCUT2D eigenvalue weighted by Gasteiger charge is 2.41. The van der Waals surface area contributed by atoms with Crippen LogP contribution in [0, 0.1) is 0 Å². The second-order valence-corrected chi connectivity index (χ2v) is 9.42. The number of para-hydroxylation sites is 1. The molecule has 5 rings (SSSR count). The molecule has 5 nitrogen and oxygen atoms in total. The maximum Gasteiger partial charge on any atom is 0.254 e. The highest BCUT2D eigenvalue weighted by molar-refractivity contribution is 7.10. The van der Waals surface area contributed by atoms with Gasteiger partial charge in [0.25, 0.3) is 5.91 Å². The Bertz CT molecular complexity index is 1260. The molecule has 166 valence electrons. The minimum atomic E-state index is -0.498. The fourth-order valence-corrected chi connectivity index (χ4v) is 5.62. The van der Waals surface area contributed by atoms with E-state index < -0.39 is 5.92 Å². The number of benzene rings is 2. The quantitative estimate of drug-likeness (QED) is 0.488. The van der Waals surface area contributed by atoms with E-state index in [2.05, 4.69) is 16.7 Å². The number of allylic oxidation sites excluding steroid dienone is 3. The zero-order valence-corrected chi connectivity index (χ0v) is 19.0. The molecule has 0 saturated heterocycles. The van der Waals surface area contributed by atoms with Crippen LogP contribution in [0.25, 0.3) is 0 Å². The largest absolute Gasteiger partial charge is 0.508 e. The summed E-state index contributed by atoms with van der Waals surface area (Å²) in [7, 11) is 0. The molecule has 1 aliphatic carbocycles. The van der Waals surface area contributed by atoms with Crippen molar-refractivity contribution in [3.05, 3.63) is 105 Å². The summed E-state index contributed by atoms with van der Waals surface area (Å²) in [5.74, 6) is -0.411. The molecular weight excluding hydrogens is 432 g/mol.